The Hall–Kier alpha value is -0.120. The molecule has 9 heavy (non-hydrogen) atoms. The molecule has 0 fully saturated rings. The van der Waals surface area contributed by atoms with E-state index in [1.165, 1.54) is 0 Å². The summed E-state index contributed by atoms with van der Waals surface area (Å²) < 4.78 is 0. The number of hydroxylamine groups is 1. The highest BCUT2D eigenvalue weighted by Gasteiger charge is 1.90. The van der Waals surface area contributed by atoms with Crippen LogP contribution in [0.25, 0.3) is 0 Å². The minimum absolute atomic E-state index is 0.579. The van der Waals surface area contributed by atoms with E-state index < -0.39 is 0 Å². The maximum Gasteiger partial charge on any atom is 0.0705 e. The molecule has 3 nitrogen and oxygen atoms in total. The van der Waals surface area contributed by atoms with Crippen molar-refractivity contribution in [1.82, 2.24) is 5.48 Å². The normalized spacial score (nSPS) is 10.7. The zero-order valence-electron chi connectivity index (χ0n) is 6.18. The SMILES string of the molecule is CC(C)CONCCN. The van der Waals surface area contributed by atoms with Crippen molar-refractivity contribution >= 4 is 0 Å². The first kappa shape index (κ1) is 8.88. The quantitative estimate of drug-likeness (QED) is 0.412. The van der Waals surface area contributed by atoms with E-state index in [1.807, 2.05) is 0 Å². The molecule has 0 bridgehead atoms. The van der Waals surface area contributed by atoms with Gasteiger partial charge < -0.3 is 10.6 Å². The van der Waals surface area contributed by atoms with Gasteiger partial charge in [-0.25, -0.2) is 5.48 Å². The van der Waals surface area contributed by atoms with Crippen LogP contribution in [0.3, 0.4) is 0 Å². The molecular formula is C6H16N2O. The lowest BCUT2D eigenvalue weighted by molar-refractivity contribution is 0.0258. The van der Waals surface area contributed by atoms with E-state index in [4.69, 9.17) is 10.6 Å². The fourth-order valence-corrected chi connectivity index (χ4v) is 0.357. The Kier molecular flexibility index (Phi) is 5.93. The van der Waals surface area contributed by atoms with E-state index in [0.29, 0.717) is 12.5 Å². The Morgan fingerprint density at radius 2 is 2.22 bits per heavy atom. The smallest absolute Gasteiger partial charge is 0.0705 e. The molecule has 0 atom stereocenters. The van der Waals surface area contributed by atoms with Gasteiger partial charge in [0.15, 0.2) is 0 Å². The Morgan fingerprint density at radius 1 is 1.56 bits per heavy atom. The van der Waals surface area contributed by atoms with Gasteiger partial charge in [-0.2, -0.15) is 0 Å². The molecule has 3 N–H and O–H groups in total. The molecule has 0 aromatic heterocycles. The molecule has 0 heterocycles. The van der Waals surface area contributed by atoms with Crippen molar-refractivity contribution < 1.29 is 4.84 Å². The third kappa shape index (κ3) is 7.88. The summed E-state index contributed by atoms with van der Waals surface area (Å²) in [7, 11) is 0. The van der Waals surface area contributed by atoms with Crippen molar-refractivity contribution in [2.75, 3.05) is 19.7 Å². The molecule has 0 saturated heterocycles. The summed E-state index contributed by atoms with van der Waals surface area (Å²) in [4.78, 5) is 5.01. The van der Waals surface area contributed by atoms with Gasteiger partial charge in [0.1, 0.15) is 0 Å². The second kappa shape index (κ2) is 6.01. The molecule has 3 heteroatoms. The number of hydrogen-bond acceptors (Lipinski definition) is 3. The molecule has 0 saturated carbocycles. The third-order valence-corrected chi connectivity index (χ3v) is 0.765. The van der Waals surface area contributed by atoms with Crippen LogP contribution in [0.2, 0.25) is 0 Å². The second-order valence-corrected chi connectivity index (χ2v) is 2.39. The van der Waals surface area contributed by atoms with Gasteiger partial charge in [0.05, 0.1) is 6.61 Å². The van der Waals surface area contributed by atoms with Crippen LogP contribution in [-0.4, -0.2) is 19.7 Å². The van der Waals surface area contributed by atoms with Gasteiger partial charge in [-0.3, -0.25) is 0 Å². The summed E-state index contributed by atoms with van der Waals surface area (Å²) in [5.74, 6) is 0.579. The lowest BCUT2D eigenvalue weighted by Gasteiger charge is -2.05. The molecule has 0 unspecified atom stereocenters. The Bertz CT molecular complexity index is 57.0. The van der Waals surface area contributed by atoms with Gasteiger partial charge in [0.2, 0.25) is 0 Å². The highest BCUT2D eigenvalue weighted by atomic mass is 16.6. The Morgan fingerprint density at radius 3 is 2.67 bits per heavy atom. The minimum atomic E-state index is 0.579. The molecule has 0 amide bonds. The lowest BCUT2D eigenvalue weighted by atomic mass is 10.2. The zero-order valence-corrected chi connectivity index (χ0v) is 6.18. The standard InChI is InChI=1S/C6H16N2O/c1-6(2)5-9-8-4-3-7/h6,8H,3-5,7H2,1-2H3. The predicted octanol–water partition coefficient (Wildman–Crippen LogP) is 0.122. The molecule has 0 aromatic rings. The monoisotopic (exact) mass is 132 g/mol. The van der Waals surface area contributed by atoms with Crippen LogP contribution in [0.15, 0.2) is 0 Å². The Labute approximate surface area is 56.5 Å². The summed E-state index contributed by atoms with van der Waals surface area (Å²) in [6.07, 6.45) is 0. The van der Waals surface area contributed by atoms with Gasteiger partial charge in [0, 0.05) is 13.1 Å². The van der Waals surface area contributed by atoms with Gasteiger partial charge in [-0.15, -0.1) is 0 Å². The largest absolute Gasteiger partial charge is 0.329 e. The van der Waals surface area contributed by atoms with Crippen molar-refractivity contribution in [3.05, 3.63) is 0 Å². The number of nitrogens with one attached hydrogen (secondary N) is 1. The van der Waals surface area contributed by atoms with E-state index in [-0.39, 0.29) is 0 Å². The van der Waals surface area contributed by atoms with E-state index >= 15 is 0 Å². The summed E-state index contributed by atoms with van der Waals surface area (Å²) in [5.41, 5.74) is 7.94. The van der Waals surface area contributed by atoms with Crippen molar-refractivity contribution in [3.63, 3.8) is 0 Å². The van der Waals surface area contributed by atoms with Crippen LogP contribution in [0.1, 0.15) is 13.8 Å². The van der Waals surface area contributed by atoms with Crippen LogP contribution in [0.5, 0.6) is 0 Å². The first-order valence-corrected chi connectivity index (χ1v) is 3.32. The highest BCUT2D eigenvalue weighted by Crippen LogP contribution is 1.88. The molecule has 0 radical (unpaired) electrons. The maximum atomic E-state index is 5.20. The van der Waals surface area contributed by atoms with Crippen molar-refractivity contribution in [2.24, 2.45) is 11.7 Å². The average Bonchev–Trinajstić information content (AvgIpc) is 1.80. The third-order valence-electron chi connectivity index (χ3n) is 0.765. The summed E-state index contributed by atoms with van der Waals surface area (Å²) in [6.45, 7) is 6.30. The highest BCUT2D eigenvalue weighted by molar-refractivity contribution is 4.38. The van der Waals surface area contributed by atoms with E-state index in [2.05, 4.69) is 19.3 Å². The van der Waals surface area contributed by atoms with Gasteiger partial charge in [-0.1, -0.05) is 13.8 Å². The molecule has 0 spiro atoms. The Balaban J connectivity index is 2.75. The van der Waals surface area contributed by atoms with Gasteiger partial charge in [0.25, 0.3) is 0 Å². The van der Waals surface area contributed by atoms with Crippen LogP contribution in [-0.2, 0) is 4.84 Å². The molecule has 0 aliphatic heterocycles. The topological polar surface area (TPSA) is 47.3 Å². The molecule has 0 aliphatic rings. The summed E-state index contributed by atoms with van der Waals surface area (Å²) >= 11 is 0. The molecular weight excluding hydrogens is 116 g/mol. The minimum Gasteiger partial charge on any atom is -0.329 e. The lowest BCUT2D eigenvalue weighted by Crippen LogP contribution is -2.24. The fourth-order valence-electron chi connectivity index (χ4n) is 0.357. The van der Waals surface area contributed by atoms with Crippen LogP contribution in [0.4, 0.5) is 0 Å². The summed E-state index contributed by atoms with van der Waals surface area (Å²) in [6, 6.07) is 0. The maximum absolute atomic E-state index is 5.20. The van der Waals surface area contributed by atoms with Crippen molar-refractivity contribution in [2.45, 2.75) is 13.8 Å². The predicted molar refractivity (Wildman–Crippen MR) is 37.8 cm³/mol. The molecule has 0 aromatic carbocycles. The van der Waals surface area contributed by atoms with Crippen molar-refractivity contribution in [3.8, 4) is 0 Å². The van der Waals surface area contributed by atoms with Crippen molar-refractivity contribution in [1.29, 1.82) is 0 Å². The first-order chi connectivity index (χ1) is 4.27. The van der Waals surface area contributed by atoms with E-state index in [0.717, 1.165) is 13.2 Å². The van der Waals surface area contributed by atoms with Crippen LogP contribution in [0, 0.1) is 5.92 Å². The number of nitrogens with two attached hydrogens (primary N) is 1. The second-order valence-electron chi connectivity index (χ2n) is 2.39. The number of hydrogen-bond donors (Lipinski definition) is 2. The number of rotatable bonds is 5. The molecule has 0 rings (SSSR count). The summed E-state index contributed by atoms with van der Waals surface area (Å²) in [5, 5.41) is 0. The average molecular weight is 132 g/mol. The van der Waals surface area contributed by atoms with E-state index in [9.17, 15) is 0 Å². The van der Waals surface area contributed by atoms with E-state index in [1.54, 1.807) is 0 Å². The van der Waals surface area contributed by atoms with Gasteiger partial charge >= 0.3 is 0 Å². The van der Waals surface area contributed by atoms with Crippen LogP contribution >= 0.6 is 0 Å². The van der Waals surface area contributed by atoms with Gasteiger partial charge in [-0.05, 0) is 5.92 Å². The zero-order chi connectivity index (χ0) is 7.11. The first-order valence-electron chi connectivity index (χ1n) is 3.32. The fraction of sp³-hybridized carbons (Fsp3) is 1.00. The molecule has 0 aliphatic carbocycles. The van der Waals surface area contributed by atoms with Crippen LogP contribution < -0.4 is 11.2 Å². The molecule has 56 valence electrons.